The molecular formula is C26H15N3O. The Kier molecular flexibility index (Phi) is 2.44. The van der Waals surface area contributed by atoms with Gasteiger partial charge in [0.1, 0.15) is 11.2 Å². The Labute approximate surface area is 170 Å². The molecule has 1 atom stereocenters. The molecule has 1 aliphatic carbocycles. The van der Waals surface area contributed by atoms with Gasteiger partial charge in [-0.1, -0.05) is 54.6 Å². The number of hydrogen-bond acceptors (Lipinski definition) is 3. The van der Waals surface area contributed by atoms with Crippen molar-refractivity contribution < 1.29 is 4.42 Å². The van der Waals surface area contributed by atoms with Crippen molar-refractivity contribution in [3.8, 4) is 0 Å². The van der Waals surface area contributed by atoms with Crippen molar-refractivity contribution >= 4 is 66.3 Å². The smallest absolute Gasteiger partial charge is 0.162 e. The Balaban J connectivity index is 1.59. The average Bonchev–Trinajstić information content (AvgIpc) is 3.42. The van der Waals surface area contributed by atoms with Crippen LogP contribution in [0.2, 0.25) is 0 Å². The first-order valence-corrected chi connectivity index (χ1v) is 10.2. The van der Waals surface area contributed by atoms with E-state index in [1.165, 1.54) is 27.2 Å². The van der Waals surface area contributed by atoms with Crippen LogP contribution in [0.5, 0.6) is 0 Å². The maximum atomic E-state index is 6.17. The fourth-order valence-electron chi connectivity index (χ4n) is 5.22. The number of anilines is 1. The molecule has 0 radical (unpaired) electrons. The predicted octanol–water partition coefficient (Wildman–Crippen LogP) is 6.58. The minimum Gasteiger partial charge on any atom is -0.456 e. The molecule has 0 spiro atoms. The molecule has 4 heterocycles. The largest absolute Gasteiger partial charge is 0.456 e. The first kappa shape index (κ1) is 14.9. The SMILES string of the molecule is C1=CC2=Nc3c(c4cccc5c6cc7oc8ccccc8c7cc6n3c45)NC2C=C1. The summed E-state index contributed by atoms with van der Waals surface area (Å²) in [5.74, 6) is 0.981. The van der Waals surface area contributed by atoms with Crippen molar-refractivity contribution in [3.63, 3.8) is 0 Å². The maximum Gasteiger partial charge on any atom is 0.162 e. The molecule has 0 saturated heterocycles. The average molecular weight is 385 g/mol. The molecule has 140 valence electrons. The minimum atomic E-state index is 0.129. The zero-order valence-corrected chi connectivity index (χ0v) is 15.9. The van der Waals surface area contributed by atoms with Gasteiger partial charge in [-0.2, -0.15) is 0 Å². The van der Waals surface area contributed by atoms with Gasteiger partial charge in [-0.05, 0) is 24.3 Å². The number of aliphatic imine (C=N–C) groups is 1. The Bertz CT molecular complexity index is 1780. The summed E-state index contributed by atoms with van der Waals surface area (Å²) in [7, 11) is 0. The first-order valence-electron chi connectivity index (χ1n) is 10.2. The lowest BCUT2D eigenvalue weighted by Crippen LogP contribution is -2.29. The quantitative estimate of drug-likeness (QED) is 0.321. The molecule has 30 heavy (non-hydrogen) atoms. The number of fused-ring (bicyclic) bond motifs is 10. The Morgan fingerprint density at radius 3 is 2.73 bits per heavy atom. The van der Waals surface area contributed by atoms with Crippen molar-refractivity contribution in [1.82, 2.24) is 4.40 Å². The molecule has 1 unspecified atom stereocenters. The maximum absolute atomic E-state index is 6.17. The van der Waals surface area contributed by atoms with Crippen LogP contribution < -0.4 is 5.32 Å². The number of aromatic nitrogens is 1. The minimum absolute atomic E-state index is 0.129. The van der Waals surface area contributed by atoms with Crippen molar-refractivity contribution in [3.05, 3.63) is 78.9 Å². The molecule has 0 bridgehead atoms. The van der Waals surface area contributed by atoms with Gasteiger partial charge in [-0.25, -0.2) is 4.99 Å². The van der Waals surface area contributed by atoms with E-state index in [1.54, 1.807) is 0 Å². The van der Waals surface area contributed by atoms with Gasteiger partial charge in [0.2, 0.25) is 0 Å². The van der Waals surface area contributed by atoms with Crippen molar-refractivity contribution in [2.24, 2.45) is 4.99 Å². The standard InChI is InChI=1S/C26H15N3O/c1-4-11-22-14(6-1)18-12-21-17(13-23(18)30-22)15-7-5-8-16-24-26(29(21)25(15)16)28-20-10-3-2-9-19(20)27-24/h1-13,19,27H. The van der Waals surface area contributed by atoms with Gasteiger partial charge < -0.3 is 9.73 Å². The second kappa shape index (κ2) is 4.92. The monoisotopic (exact) mass is 385 g/mol. The summed E-state index contributed by atoms with van der Waals surface area (Å²) < 4.78 is 8.48. The highest BCUT2D eigenvalue weighted by atomic mass is 16.3. The van der Waals surface area contributed by atoms with Gasteiger partial charge in [0.15, 0.2) is 5.82 Å². The number of rotatable bonds is 0. The number of allylic oxidation sites excluding steroid dienone is 2. The first-order chi connectivity index (χ1) is 14.9. The molecule has 0 saturated carbocycles. The number of para-hydroxylation sites is 2. The van der Waals surface area contributed by atoms with Gasteiger partial charge >= 0.3 is 0 Å². The van der Waals surface area contributed by atoms with Crippen LogP contribution in [0.25, 0.3) is 49.1 Å². The van der Waals surface area contributed by atoms with Crippen LogP contribution in [-0.4, -0.2) is 16.2 Å². The third-order valence-corrected chi connectivity index (χ3v) is 6.53. The van der Waals surface area contributed by atoms with E-state index in [1.807, 2.05) is 12.1 Å². The van der Waals surface area contributed by atoms with Crippen molar-refractivity contribution in [1.29, 1.82) is 0 Å². The summed E-state index contributed by atoms with van der Waals surface area (Å²) in [4.78, 5) is 5.09. The zero-order chi connectivity index (χ0) is 19.4. The van der Waals surface area contributed by atoms with E-state index < -0.39 is 0 Å². The highest BCUT2D eigenvalue weighted by Gasteiger charge is 2.28. The van der Waals surface area contributed by atoms with E-state index in [4.69, 9.17) is 9.41 Å². The molecule has 6 aromatic rings. The third kappa shape index (κ3) is 1.63. The van der Waals surface area contributed by atoms with Crippen LogP contribution in [0.4, 0.5) is 11.5 Å². The second-order valence-electron chi connectivity index (χ2n) is 8.10. The summed E-state index contributed by atoms with van der Waals surface area (Å²) in [5, 5.41) is 9.64. The van der Waals surface area contributed by atoms with E-state index >= 15 is 0 Å². The molecule has 8 rings (SSSR count). The Hall–Kier alpha value is -4.05. The number of nitrogens with one attached hydrogen (secondary N) is 1. The van der Waals surface area contributed by atoms with Gasteiger partial charge in [0.05, 0.1) is 28.5 Å². The molecule has 4 heteroatoms. The van der Waals surface area contributed by atoms with Crippen LogP contribution in [0.15, 0.2) is 88.3 Å². The Morgan fingerprint density at radius 1 is 0.833 bits per heavy atom. The van der Waals surface area contributed by atoms with E-state index in [0.29, 0.717) is 0 Å². The van der Waals surface area contributed by atoms with Crippen molar-refractivity contribution in [2.45, 2.75) is 6.04 Å². The molecule has 4 nitrogen and oxygen atoms in total. The fourth-order valence-corrected chi connectivity index (χ4v) is 5.22. The van der Waals surface area contributed by atoms with Crippen LogP contribution in [0.1, 0.15) is 0 Å². The second-order valence-corrected chi connectivity index (χ2v) is 8.10. The van der Waals surface area contributed by atoms with E-state index in [9.17, 15) is 0 Å². The van der Waals surface area contributed by atoms with Crippen LogP contribution in [0, 0.1) is 0 Å². The lowest BCUT2D eigenvalue weighted by molar-refractivity contribution is 0.669. The van der Waals surface area contributed by atoms with E-state index in [-0.39, 0.29) is 6.04 Å². The van der Waals surface area contributed by atoms with Gasteiger partial charge in [-0.15, -0.1) is 0 Å². The highest BCUT2D eigenvalue weighted by molar-refractivity contribution is 6.24. The number of benzene rings is 3. The van der Waals surface area contributed by atoms with E-state index in [2.05, 4.69) is 76.5 Å². The topological polar surface area (TPSA) is 41.9 Å². The van der Waals surface area contributed by atoms with Gasteiger partial charge in [-0.3, -0.25) is 4.40 Å². The van der Waals surface area contributed by atoms with Gasteiger partial charge in [0, 0.05) is 26.9 Å². The summed E-state index contributed by atoms with van der Waals surface area (Å²) in [5.41, 5.74) is 6.40. The molecular weight excluding hydrogens is 370 g/mol. The van der Waals surface area contributed by atoms with Crippen LogP contribution in [0.3, 0.4) is 0 Å². The summed E-state index contributed by atoms with van der Waals surface area (Å²) in [6.45, 7) is 0. The van der Waals surface area contributed by atoms with E-state index in [0.717, 1.165) is 39.2 Å². The molecule has 3 aromatic carbocycles. The highest BCUT2D eigenvalue weighted by Crippen LogP contribution is 2.47. The third-order valence-electron chi connectivity index (χ3n) is 6.53. The van der Waals surface area contributed by atoms with Gasteiger partial charge in [0.25, 0.3) is 0 Å². The molecule has 0 fully saturated rings. The summed E-state index contributed by atoms with van der Waals surface area (Å²) in [6.07, 6.45) is 8.38. The summed E-state index contributed by atoms with van der Waals surface area (Å²) >= 11 is 0. The zero-order valence-electron chi connectivity index (χ0n) is 15.9. The number of hydrogen-bond donors (Lipinski definition) is 1. The number of furan rings is 1. The normalized spacial score (nSPS) is 17.9. The lowest BCUT2D eigenvalue weighted by atomic mass is 10.0. The van der Waals surface area contributed by atoms with Crippen LogP contribution in [-0.2, 0) is 0 Å². The van der Waals surface area contributed by atoms with Crippen LogP contribution >= 0.6 is 0 Å². The lowest BCUT2D eigenvalue weighted by Gasteiger charge is -2.23. The number of nitrogens with zero attached hydrogens (tertiary/aromatic N) is 2. The fraction of sp³-hybridized carbons (Fsp3) is 0.0385. The summed E-state index contributed by atoms with van der Waals surface area (Å²) in [6, 6.07) is 19.3. The molecule has 1 aliphatic heterocycles. The Morgan fingerprint density at radius 2 is 1.73 bits per heavy atom. The predicted molar refractivity (Wildman–Crippen MR) is 124 cm³/mol. The molecule has 1 N–H and O–H groups in total. The molecule has 2 aliphatic rings. The molecule has 0 amide bonds. The van der Waals surface area contributed by atoms with Crippen molar-refractivity contribution in [2.75, 3.05) is 5.32 Å². The molecule has 3 aromatic heterocycles.